The Labute approximate surface area is 131 Å². The number of halogens is 1. The normalized spacial score (nSPS) is 10.7. The SMILES string of the molecule is COC(=O)Cn1c(-c2ccccc2F)nc2ccccc2c1=O. The number of ether oxygens (including phenoxy) is 1. The van der Waals surface area contributed by atoms with Gasteiger partial charge in [0.25, 0.3) is 5.56 Å². The maximum Gasteiger partial charge on any atom is 0.325 e. The summed E-state index contributed by atoms with van der Waals surface area (Å²) in [5, 5.41) is 0.358. The highest BCUT2D eigenvalue weighted by Crippen LogP contribution is 2.21. The van der Waals surface area contributed by atoms with Crippen molar-refractivity contribution < 1.29 is 13.9 Å². The Morgan fingerprint density at radius 3 is 2.61 bits per heavy atom. The van der Waals surface area contributed by atoms with Crippen molar-refractivity contribution in [1.82, 2.24) is 9.55 Å². The zero-order valence-electron chi connectivity index (χ0n) is 12.3. The Morgan fingerprint density at radius 2 is 1.87 bits per heavy atom. The van der Waals surface area contributed by atoms with E-state index in [1.165, 1.54) is 19.2 Å². The van der Waals surface area contributed by atoms with Crippen molar-refractivity contribution in [3.8, 4) is 11.4 Å². The van der Waals surface area contributed by atoms with Gasteiger partial charge in [-0.25, -0.2) is 9.37 Å². The lowest BCUT2D eigenvalue weighted by molar-refractivity contribution is -0.141. The first kappa shape index (κ1) is 14.9. The molecule has 116 valence electrons. The number of carbonyl (C=O) groups is 1. The largest absolute Gasteiger partial charge is 0.468 e. The molecule has 0 aliphatic rings. The Kier molecular flexibility index (Phi) is 3.89. The lowest BCUT2D eigenvalue weighted by Gasteiger charge is -2.13. The number of esters is 1. The van der Waals surface area contributed by atoms with E-state index in [0.717, 1.165) is 4.57 Å². The standard InChI is InChI=1S/C17H13FN2O3/c1-23-15(21)10-20-16(11-6-2-4-8-13(11)18)19-14-9-5-3-7-12(14)17(20)22/h2-9H,10H2,1H3. The van der Waals surface area contributed by atoms with Crippen LogP contribution in [0, 0.1) is 5.82 Å². The second-order valence-electron chi connectivity index (χ2n) is 4.90. The van der Waals surface area contributed by atoms with Crippen LogP contribution >= 0.6 is 0 Å². The summed E-state index contributed by atoms with van der Waals surface area (Å²) in [6.07, 6.45) is 0. The Hall–Kier alpha value is -3.02. The molecule has 0 aliphatic carbocycles. The highest BCUT2D eigenvalue weighted by Gasteiger charge is 2.17. The minimum Gasteiger partial charge on any atom is -0.468 e. The molecule has 0 fully saturated rings. The molecule has 3 rings (SSSR count). The summed E-state index contributed by atoms with van der Waals surface area (Å²) in [5.74, 6) is -1.03. The molecule has 0 N–H and O–H groups in total. The molecular weight excluding hydrogens is 299 g/mol. The summed E-state index contributed by atoms with van der Waals surface area (Å²) in [6.45, 7) is -0.336. The third-order valence-electron chi connectivity index (χ3n) is 3.49. The van der Waals surface area contributed by atoms with Gasteiger partial charge in [-0.2, -0.15) is 0 Å². The highest BCUT2D eigenvalue weighted by molar-refractivity contribution is 5.80. The third-order valence-corrected chi connectivity index (χ3v) is 3.49. The van der Waals surface area contributed by atoms with Gasteiger partial charge in [-0.15, -0.1) is 0 Å². The molecule has 0 bridgehead atoms. The Balaban J connectivity index is 2.34. The van der Waals surface area contributed by atoms with E-state index < -0.39 is 17.3 Å². The minimum absolute atomic E-state index is 0.0946. The number of para-hydroxylation sites is 1. The number of carbonyl (C=O) groups excluding carboxylic acids is 1. The van der Waals surface area contributed by atoms with Gasteiger partial charge < -0.3 is 4.74 Å². The van der Waals surface area contributed by atoms with E-state index in [2.05, 4.69) is 9.72 Å². The zero-order valence-corrected chi connectivity index (χ0v) is 12.3. The second kappa shape index (κ2) is 6.00. The topological polar surface area (TPSA) is 61.2 Å². The first-order valence-corrected chi connectivity index (χ1v) is 6.93. The number of hydrogen-bond donors (Lipinski definition) is 0. The molecule has 0 unspecified atom stereocenters. The molecule has 5 nitrogen and oxygen atoms in total. The minimum atomic E-state index is -0.609. The predicted molar refractivity (Wildman–Crippen MR) is 83.4 cm³/mol. The van der Waals surface area contributed by atoms with Crippen molar-refractivity contribution in [2.24, 2.45) is 0 Å². The molecule has 1 heterocycles. The van der Waals surface area contributed by atoms with Crippen LogP contribution in [0.25, 0.3) is 22.3 Å². The highest BCUT2D eigenvalue weighted by atomic mass is 19.1. The number of nitrogens with zero attached hydrogens (tertiary/aromatic N) is 2. The molecule has 0 saturated carbocycles. The van der Waals surface area contributed by atoms with Gasteiger partial charge in [-0.3, -0.25) is 14.2 Å². The van der Waals surface area contributed by atoms with Gasteiger partial charge in [0.2, 0.25) is 0 Å². The van der Waals surface area contributed by atoms with E-state index in [4.69, 9.17) is 0 Å². The van der Waals surface area contributed by atoms with Gasteiger partial charge in [0, 0.05) is 0 Å². The van der Waals surface area contributed by atoms with Crippen LogP contribution in [0.15, 0.2) is 53.3 Å². The van der Waals surface area contributed by atoms with Crippen molar-refractivity contribution in [2.45, 2.75) is 6.54 Å². The van der Waals surface area contributed by atoms with E-state index >= 15 is 0 Å². The number of rotatable bonds is 3. The molecule has 0 amide bonds. The first-order chi connectivity index (χ1) is 11.1. The van der Waals surface area contributed by atoms with E-state index in [1.54, 1.807) is 36.4 Å². The molecule has 0 radical (unpaired) electrons. The number of fused-ring (bicyclic) bond motifs is 1. The molecule has 0 spiro atoms. The van der Waals surface area contributed by atoms with Crippen LogP contribution in [0.5, 0.6) is 0 Å². The van der Waals surface area contributed by atoms with Gasteiger partial charge >= 0.3 is 5.97 Å². The zero-order chi connectivity index (χ0) is 16.4. The predicted octanol–water partition coefficient (Wildman–Crippen LogP) is 2.38. The van der Waals surface area contributed by atoms with Crippen LogP contribution < -0.4 is 5.56 Å². The van der Waals surface area contributed by atoms with Crippen LogP contribution in [0.2, 0.25) is 0 Å². The van der Waals surface area contributed by atoms with Crippen molar-refractivity contribution in [2.75, 3.05) is 7.11 Å². The number of benzene rings is 2. The summed E-state index contributed by atoms with van der Waals surface area (Å²) in [5.41, 5.74) is 0.176. The lowest BCUT2D eigenvalue weighted by Crippen LogP contribution is -2.27. The van der Waals surface area contributed by atoms with E-state index in [1.807, 2.05) is 0 Å². The molecule has 0 saturated heterocycles. The van der Waals surface area contributed by atoms with Crippen LogP contribution in [-0.4, -0.2) is 22.6 Å². The fraction of sp³-hybridized carbons (Fsp3) is 0.118. The Morgan fingerprint density at radius 1 is 1.17 bits per heavy atom. The van der Waals surface area contributed by atoms with E-state index in [0.29, 0.717) is 10.9 Å². The lowest BCUT2D eigenvalue weighted by atomic mass is 10.1. The monoisotopic (exact) mass is 312 g/mol. The van der Waals surface area contributed by atoms with Gasteiger partial charge in [0.1, 0.15) is 18.2 Å². The summed E-state index contributed by atoms with van der Waals surface area (Å²) in [4.78, 5) is 28.7. The molecule has 6 heteroatoms. The average Bonchev–Trinajstić information content (AvgIpc) is 2.57. The molecule has 2 aromatic carbocycles. The summed E-state index contributed by atoms with van der Waals surface area (Å²) >= 11 is 0. The van der Waals surface area contributed by atoms with Crippen LogP contribution in [0.1, 0.15) is 0 Å². The summed E-state index contributed by atoms with van der Waals surface area (Å²) < 4.78 is 19.9. The van der Waals surface area contributed by atoms with Gasteiger partial charge in [0.05, 0.1) is 23.6 Å². The Bertz CT molecular complexity index is 950. The molecule has 0 aliphatic heterocycles. The maximum atomic E-state index is 14.1. The molecular formula is C17H13FN2O3. The van der Waals surface area contributed by atoms with Crippen molar-refractivity contribution in [3.63, 3.8) is 0 Å². The first-order valence-electron chi connectivity index (χ1n) is 6.93. The van der Waals surface area contributed by atoms with Gasteiger partial charge in [0.15, 0.2) is 0 Å². The molecule has 0 atom stereocenters. The van der Waals surface area contributed by atoms with Crippen molar-refractivity contribution in [3.05, 3.63) is 64.7 Å². The van der Waals surface area contributed by atoms with Gasteiger partial charge in [-0.1, -0.05) is 24.3 Å². The maximum absolute atomic E-state index is 14.1. The number of methoxy groups -OCH3 is 1. The fourth-order valence-corrected chi connectivity index (χ4v) is 2.36. The van der Waals surface area contributed by atoms with Crippen molar-refractivity contribution in [1.29, 1.82) is 0 Å². The smallest absolute Gasteiger partial charge is 0.325 e. The third kappa shape index (κ3) is 2.70. The summed E-state index contributed by atoms with van der Waals surface area (Å²) in [7, 11) is 1.23. The van der Waals surface area contributed by atoms with E-state index in [9.17, 15) is 14.0 Å². The molecule has 23 heavy (non-hydrogen) atoms. The number of aromatic nitrogens is 2. The number of hydrogen-bond acceptors (Lipinski definition) is 4. The van der Waals surface area contributed by atoms with Crippen LogP contribution in [0.3, 0.4) is 0 Å². The molecule has 1 aromatic heterocycles. The quantitative estimate of drug-likeness (QED) is 0.697. The molecule has 3 aromatic rings. The fourth-order valence-electron chi connectivity index (χ4n) is 2.36. The van der Waals surface area contributed by atoms with E-state index in [-0.39, 0.29) is 17.9 Å². The van der Waals surface area contributed by atoms with Gasteiger partial charge in [-0.05, 0) is 24.3 Å². The second-order valence-corrected chi connectivity index (χ2v) is 4.90. The van der Waals surface area contributed by atoms with Crippen LogP contribution in [-0.2, 0) is 16.1 Å². The van der Waals surface area contributed by atoms with Crippen LogP contribution in [0.4, 0.5) is 4.39 Å². The average molecular weight is 312 g/mol. The summed E-state index contributed by atoms with van der Waals surface area (Å²) in [6, 6.07) is 12.7. The van der Waals surface area contributed by atoms with Crippen molar-refractivity contribution >= 4 is 16.9 Å².